The fraction of sp³-hybridized carbons (Fsp3) is 0.476. The summed E-state index contributed by atoms with van der Waals surface area (Å²) < 4.78 is 5.51. The lowest BCUT2D eigenvalue weighted by Crippen LogP contribution is -2.45. The first-order chi connectivity index (χ1) is 14.3. The Hall–Kier alpha value is -2.65. The molecule has 3 aromatic rings. The molecule has 1 saturated heterocycles. The molecule has 9 heteroatoms. The number of nitrogens with zero attached hydrogens (tertiary/aromatic N) is 6. The Morgan fingerprint density at radius 3 is 2.60 bits per heavy atom. The van der Waals surface area contributed by atoms with Gasteiger partial charge in [0, 0.05) is 30.9 Å². The summed E-state index contributed by atoms with van der Waals surface area (Å²) in [6.45, 7) is 10.3. The summed E-state index contributed by atoms with van der Waals surface area (Å²) in [4.78, 5) is 16.7. The van der Waals surface area contributed by atoms with Crippen molar-refractivity contribution in [1.82, 2.24) is 30.5 Å². The molecule has 0 amide bonds. The molecule has 1 atom stereocenters. The lowest BCUT2D eigenvalue weighted by molar-refractivity contribution is 0.373. The number of aryl methyl sites for hydroxylation is 1. The minimum absolute atomic E-state index is 0.0956. The highest BCUT2D eigenvalue weighted by Crippen LogP contribution is 2.34. The largest absolute Gasteiger partial charge is 0.481 e. The van der Waals surface area contributed by atoms with Gasteiger partial charge in [-0.3, -0.25) is 0 Å². The van der Waals surface area contributed by atoms with Crippen molar-refractivity contribution in [3.8, 4) is 27.7 Å². The van der Waals surface area contributed by atoms with Gasteiger partial charge in [0.1, 0.15) is 5.69 Å². The zero-order valence-electron chi connectivity index (χ0n) is 18.0. The fourth-order valence-electron chi connectivity index (χ4n) is 3.62. The zero-order valence-corrected chi connectivity index (χ0v) is 18.8. The smallest absolute Gasteiger partial charge is 0.245 e. The molecule has 0 aliphatic carbocycles. The molecule has 1 fully saturated rings. The van der Waals surface area contributed by atoms with Crippen molar-refractivity contribution in [3.63, 3.8) is 0 Å². The van der Waals surface area contributed by atoms with Crippen molar-refractivity contribution in [2.45, 2.75) is 45.7 Å². The van der Waals surface area contributed by atoms with Crippen LogP contribution in [0.5, 0.6) is 5.88 Å². The van der Waals surface area contributed by atoms with Gasteiger partial charge in [0.2, 0.25) is 11.8 Å². The highest BCUT2D eigenvalue weighted by Gasteiger charge is 2.27. The molecule has 30 heavy (non-hydrogen) atoms. The van der Waals surface area contributed by atoms with E-state index >= 15 is 0 Å². The van der Waals surface area contributed by atoms with Gasteiger partial charge < -0.3 is 15.0 Å². The van der Waals surface area contributed by atoms with Crippen LogP contribution in [0, 0.1) is 6.92 Å². The minimum atomic E-state index is 0.0956. The molecular formula is C21H27N7OS. The molecule has 4 rings (SSSR count). The number of pyridine rings is 1. The Kier molecular flexibility index (Phi) is 5.66. The average Bonchev–Trinajstić information content (AvgIpc) is 3.35. The maximum absolute atomic E-state index is 5.51. The van der Waals surface area contributed by atoms with E-state index in [1.54, 1.807) is 24.6 Å². The van der Waals surface area contributed by atoms with Gasteiger partial charge in [0.15, 0.2) is 0 Å². The van der Waals surface area contributed by atoms with Gasteiger partial charge in [-0.2, -0.15) is 0 Å². The number of hydrogen-bond acceptors (Lipinski definition) is 9. The molecule has 0 unspecified atom stereocenters. The van der Waals surface area contributed by atoms with Gasteiger partial charge in [0.05, 0.1) is 34.4 Å². The van der Waals surface area contributed by atoms with Crippen molar-refractivity contribution in [2.24, 2.45) is 0 Å². The Morgan fingerprint density at radius 2 is 1.97 bits per heavy atom. The van der Waals surface area contributed by atoms with Crippen LogP contribution in [0.2, 0.25) is 0 Å². The van der Waals surface area contributed by atoms with Gasteiger partial charge in [-0.05, 0) is 46.2 Å². The standard InChI is InChI=1S/C21H27N7OS/c1-13-22-11-18(30-13)15-6-7-16(24-19(15)29-5)17-10-23-20(27-26-17)28-9-8-14(12-28)25-21(2,3)4/h6-7,10-11,14,25H,8-9,12H2,1-5H3/t14-/m0/s1. The van der Waals surface area contributed by atoms with Crippen molar-refractivity contribution >= 4 is 17.3 Å². The summed E-state index contributed by atoms with van der Waals surface area (Å²) in [5, 5.41) is 13.4. The third-order valence-corrected chi connectivity index (χ3v) is 5.81. The first kappa shape index (κ1) is 20.6. The molecule has 1 N–H and O–H groups in total. The molecule has 0 aromatic carbocycles. The van der Waals surface area contributed by atoms with Crippen LogP contribution in [-0.2, 0) is 0 Å². The quantitative estimate of drug-likeness (QED) is 0.666. The normalized spacial score (nSPS) is 16.8. The first-order valence-corrected chi connectivity index (χ1v) is 10.8. The second kappa shape index (κ2) is 8.23. The predicted octanol–water partition coefficient (Wildman–Crippen LogP) is 3.34. The molecule has 8 nitrogen and oxygen atoms in total. The monoisotopic (exact) mass is 425 g/mol. The van der Waals surface area contributed by atoms with Crippen molar-refractivity contribution < 1.29 is 4.74 Å². The number of nitrogens with one attached hydrogen (secondary N) is 1. The molecule has 3 aromatic heterocycles. The van der Waals surface area contributed by atoms with Gasteiger partial charge in [-0.1, -0.05) is 0 Å². The second-order valence-corrected chi connectivity index (χ2v) is 9.70. The number of methoxy groups -OCH3 is 1. The Labute approximate surface area is 180 Å². The van der Waals surface area contributed by atoms with E-state index in [1.165, 1.54) is 0 Å². The number of hydrogen-bond donors (Lipinski definition) is 1. The summed E-state index contributed by atoms with van der Waals surface area (Å²) in [5.41, 5.74) is 2.31. The Morgan fingerprint density at radius 1 is 1.13 bits per heavy atom. The van der Waals surface area contributed by atoms with Crippen LogP contribution in [0.4, 0.5) is 5.95 Å². The Bertz CT molecular complexity index is 1010. The molecular weight excluding hydrogens is 398 g/mol. The molecule has 1 aliphatic heterocycles. The molecule has 158 valence electrons. The third kappa shape index (κ3) is 4.57. The highest BCUT2D eigenvalue weighted by molar-refractivity contribution is 7.15. The van der Waals surface area contributed by atoms with Crippen LogP contribution < -0.4 is 15.0 Å². The first-order valence-electron chi connectivity index (χ1n) is 10.0. The fourth-order valence-corrected chi connectivity index (χ4v) is 4.41. The van der Waals surface area contributed by atoms with E-state index in [9.17, 15) is 0 Å². The summed E-state index contributed by atoms with van der Waals surface area (Å²) >= 11 is 1.61. The lowest BCUT2D eigenvalue weighted by Gasteiger charge is -2.25. The number of aromatic nitrogens is 5. The maximum Gasteiger partial charge on any atom is 0.245 e. The summed E-state index contributed by atoms with van der Waals surface area (Å²) in [7, 11) is 1.62. The summed E-state index contributed by atoms with van der Waals surface area (Å²) in [5.74, 6) is 1.19. The zero-order chi connectivity index (χ0) is 21.3. The van der Waals surface area contributed by atoms with Crippen LogP contribution >= 0.6 is 11.3 Å². The summed E-state index contributed by atoms with van der Waals surface area (Å²) in [6, 6.07) is 4.33. The van der Waals surface area contributed by atoms with E-state index in [0.717, 1.165) is 35.0 Å². The molecule has 0 bridgehead atoms. The van der Waals surface area contributed by atoms with Crippen LogP contribution in [0.3, 0.4) is 0 Å². The van der Waals surface area contributed by atoms with Crippen LogP contribution in [0.25, 0.3) is 21.8 Å². The van der Waals surface area contributed by atoms with E-state index in [4.69, 9.17) is 4.74 Å². The van der Waals surface area contributed by atoms with Crippen LogP contribution in [0.1, 0.15) is 32.2 Å². The summed E-state index contributed by atoms with van der Waals surface area (Å²) in [6.07, 6.45) is 4.64. The maximum atomic E-state index is 5.51. The van der Waals surface area contributed by atoms with Crippen molar-refractivity contribution in [2.75, 3.05) is 25.1 Å². The molecule has 0 radical (unpaired) electrons. The molecule has 0 saturated carbocycles. The van der Waals surface area contributed by atoms with Gasteiger partial charge >= 0.3 is 0 Å². The van der Waals surface area contributed by atoms with Gasteiger partial charge in [-0.25, -0.2) is 15.0 Å². The van der Waals surface area contributed by atoms with Crippen molar-refractivity contribution in [3.05, 3.63) is 29.5 Å². The van der Waals surface area contributed by atoms with Gasteiger partial charge in [-0.15, -0.1) is 21.5 Å². The van der Waals surface area contributed by atoms with E-state index in [0.29, 0.717) is 29.3 Å². The SMILES string of the molecule is COc1nc(-c2cnc(N3CC[C@H](NC(C)(C)C)C3)nn2)ccc1-c1cnc(C)s1. The highest BCUT2D eigenvalue weighted by atomic mass is 32.1. The van der Waals surface area contributed by atoms with Crippen molar-refractivity contribution in [1.29, 1.82) is 0 Å². The Balaban J connectivity index is 1.50. The topological polar surface area (TPSA) is 89.0 Å². The third-order valence-electron chi connectivity index (χ3n) is 4.86. The van der Waals surface area contributed by atoms with Crippen LogP contribution in [0.15, 0.2) is 24.5 Å². The van der Waals surface area contributed by atoms with E-state index < -0.39 is 0 Å². The lowest BCUT2D eigenvalue weighted by atomic mass is 10.1. The average molecular weight is 426 g/mol. The van der Waals surface area contributed by atoms with E-state index in [-0.39, 0.29) is 5.54 Å². The van der Waals surface area contributed by atoms with E-state index in [2.05, 4.69) is 56.1 Å². The second-order valence-electron chi connectivity index (χ2n) is 8.47. The number of thiazole rings is 1. The number of ether oxygens (including phenoxy) is 1. The van der Waals surface area contributed by atoms with Crippen LogP contribution in [-0.4, -0.2) is 56.9 Å². The number of rotatable bonds is 5. The molecule has 4 heterocycles. The van der Waals surface area contributed by atoms with Gasteiger partial charge in [0.25, 0.3) is 0 Å². The molecule has 1 aliphatic rings. The minimum Gasteiger partial charge on any atom is -0.481 e. The van der Waals surface area contributed by atoms with E-state index in [1.807, 2.05) is 25.3 Å². The number of anilines is 1. The predicted molar refractivity (Wildman–Crippen MR) is 119 cm³/mol. The molecule has 0 spiro atoms.